The lowest BCUT2D eigenvalue weighted by atomic mass is 10.2. The van der Waals surface area contributed by atoms with Crippen LogP contribution in [0, 0.1) is 0 Å². The molecule has 1 N–H and O–H groups in total. The van der Waals surface area contributed by atoms with Crippen LogP contribution in [0.3, 0.4) is 0 Å². The minimum absolute atomic E-state index is 0.336. The van der Waals surface area contributed by atoms with Crippen LogP contribution in [0.2, 0.25) is 5.28 Å². The third kappa shape index (κ3) is 2.98. The first-order valence-corrected chi connectivity index (χ1v) is 8.91. The van der Waals surface area contributed by atoms with Crippen molar-refractivity contribution in [2.24, 2.45) is 0 Å². The molecule has 0 bridgehead atoms. The zero-order chi connectivity index (χ0) is 13.2. The van der Waals surface area contributed by atoms with Gasteiger partial charge < -0.3 is 5.32 Å². The molecule has 0 aliphatic carbocycles. The number of halogens is 1. The van der Waals surface area contributed by atoms with E-state index in [0.717, 1.165) is 28.2 Å². The first-order chi connectivity index (χ1) is 9.26. The van der Waals surface area contributed by atoms with E-state index in [1.165, 1.54) is 23.5 Å². The molecule has 1 aliphatic rings. The Morgan fingerprint density at radius 1 is 1.47 bits per heavy atom. The Kier molecular flexibility index (Phi) is 4.15. The first kappa shape index (κ1) is 13.5. The molecule has 6 heteroatoms. The minimum atomic E-state index is 0.336. The Hall–Kier alpha value is -0.520. The van der Waals surface area contributed by atoms with E-state index in [2.05, 4.69) is 28.3 Å². The molecule has 0 spiro atoms. The fourth-order valence-electron chi connectivity index (χ4n) is 2.28. The zero-order valence-corrected chi connectivity index (χ0v) is 13.2. The van der Waals surface area contributed by atoms with E-state index in [9.17, 15) is 0 Å². The van der Waals surface area contributed by atoms with Gasteiger partial charge in [0.05, 0.1) is 5.39 Å². The molecule has 3 rings (SSSR count). The summed E-state index contributed by atoms with van der Waals surface area (Å²) < 4.78 is 0. The summed E-state index contributed by atoms with van der Waals surface area (Å²) in [5.41, 5.74) is 0. The minimum Gasteiger partial charge on any atom is -0.366 e. The van der Waals surface area contributed by atoms with Gasteiger partial charge in [0, 0.05) is 16.7 Å². The molecule has 1 fully saturated rings. The highest BCUT2D eigenvalue weighted by molar-refractivity contribution is 7.99. The maximum absolute atomic E-state index is 6.03. The molecule has 0 aromatic carbocycles. The number of hydrogen-bond donors (Lipinski definition) is 1. The van der Waals surface area contributed by atoms with Crippen LogP contribution in [0.15, 0.2) is 6.07 Å². The summed E-state index contributed by atoms with van der Waals surface area (Å²) in [7, 11) is 0. The number of nitrogens with one attached hydrogen (secondary N) is 1. The molecule has 3 heterocycles. The first-order valence-electron chi connectivity index (χ1n) is 6.56. The highest BCUT2D eigenvalue weighted by Crippen LogP contribution is 2.31. The molecule has 102 valence electrons. The lowest BCUT2D eigenvalue weighted by Gasteiger charge is -2.23. The van der Waals surface area contributed by atoms with Crippen LogP contribution in [0.5, 0.6) is 0 Å². The number of aromatic nitrogens is 2. The predicted octanol–water partition coefficient (Wildman–Crippen LogP) is 4.21. The van der Waals surface area contributed by atoms with Crippen molar-refractivity contribution in [3.63, 3.8) is 0 Å². The van der Waals surface area contributed by atoms with Crippen molar-refractivity contribution < 1.29 is 0 Å². The van der Waals surface area contributed by atoms with E-state index in [1.54, 1.807) is 11.3 Å². The number of fused-ring (bicyclic) bond motifs is 1. The number of rotatable bonds is 3. The second-order valence-electron chi connectivity index (χ2n) is 4.68. The van der Waals surface area contributed by atoms with Gasteiger partial charge >= 0.3 is 0 Å². The van der Waals surface area contributed by atoms with Gasteiger partial charge in [-0.2, -0.15) is 11.8 Å². The van der Waals surface area contributed by atoms with Crippen molar-refractivity contribution in [1.29, 1.82) is 0 Å². The molecule has 1 atom stereocenters. The van der Waals surface area contributed by atoms with Crippen LogP contribution in [0.1, 0.15) is 24.6 Å². The zero-order valence-electron chi connectivity index (χ0n) is 10.8. The van der Waals surface area contributed by atoms with Gasteiger partial charge in [0.15, 0.2) is 0 Å². The molecule has 2 aromatic rings. The van der Waals surface area contributed by atoms with Crippen LogP contribution >= 0.6 is 34.7 Å². The molecule has 1 saturated heterocycles. The highest BCUT2D eigenvalue weighted by atomic mass is 35.5. The summed E-state index contributed by atoms with van der Waals surface area (Å²) in [6, 6.07) is 2.69. The second kappa shape index (κ2) is 5.85. The smallest absolute Gasteiger partial charge is 0.225 e. The number of thiophene rings is 1. The SMILES string of the molecule is CCc1cc2c(NC3CCCSC3)nc(Cl)nc2s1. The monoisotopic (exact) mass is 313 g/mol. The molecule has 1 aliphatic heterocycles. The van der Waals surface area contributed by atoms with Crippen LogP contribution < -0.4 is 5.32 Å². The maximum atomic E-state index is 6.03. The van der Waals surface area contributed by atoms with Gasteiger partial charge in [0.25, 0.3) is 0 Å². The van der Waals surface area contributed by atoms with Gasteiger partial charge in [-0.1, -0.05) is 6.92 Å². The molecule has 3 nitrogen and oxygen atoms in total. The summed E-state index contributed by atoms with van der Waals surface area (Å²) >= 11 is 9.75. The number of anilines is 1. The summed E-state index contributed by atoms with van der Waals surface area (Å²) in [5, 5.41) is 5.00. The molecule has 19 heavy (non-hydrogen) atoms. The van der Waals surface area contributed by atoms with Crippen molar-refractivity contribution in [3.8, 4) is 0 Å². The Morgan fingerprint density at radius 2 is 2.37 bits per heavy atom. The van der Waals surface area contributed by atoms with Crippen molar-refractivity contribution >= 4 is 50.7 Å². The number of aryl methyl sites for hydroxylation is 1. The van der Waals surface area contributed by atoms with Crippen LogP contribution in [0.25, 0.3) is 10.2 Å². The van der Waals surface area contributed by atoms with Crippen LogP contribution in [0.4, 0.5) is 5.82 Å². The normalized spacial score (nSPS) is 19.8. The standard InChI is InChI=1S/C13H16ClN3S2/c1-2-9-6-10-11(15-8-4-3-5-18-7-8)16-13(14)17-12(10)19-9/h6,8H,2-5,7H2,1H3,(H,15,16,17). The number of nitrogens with zero attached hydrogens (tertiary/aromatic N) is 2. The lowest BCUT2D eigenvalue weighted by molar-refractivity contribution is 0.683. The Bertz CT molecular complexity index is 579. The van der Waals surface area contributed by atoms with E-state index in [0.29, 0.717) is 11.3 Å². The van der Waals surface area contributed by atoms with E-state index >= 15 is 0 Å². The lowest BCUT2D eigenvalue weighted by Crippen LogP contribution is -2.26. The summed E-state index contributed by atoms with van der Waals surface area (Å²) in [6.45, 7) is 2.16. The number of thioether (sulfide) groups is 1. The van der Waals surface area contributed by atoms with Crippen LogP contribution in [-0.4, -0.2) is 27.5 Å². The van der Waals surface area contributed by atoms with Crippen LogP contribution in [-0.2, 0) is 6.42 Å². The number of hydrogen-bond acceptors (Lipinski definition) is 5. The fraction of sp³-hybridized carbons (Fsp3) is 0.538. The molecular formula is C13H16ClN3S2. The highest BCUT2D eigenvalue weighted by Gasteiger charge is 2.17. The van der Waals surface area contributed by atoms with Crippen molar-refractivity contribution in [3.05, 3.63) is 16.2 Å². The Balaban J connectivity index is 1.94. The van der Waals surface area contributed by atoms with E-state index in [4.69, 9.17) is 11.6 Å². The summed E-state index contributed by atoms with van der Waals surface area (Å²) in [5.74, 6) is 3.32. The predicted molar refractivity (Wildman–Crippen MR) is 85.8 cm³/mol. The molecule has 2 aromatic heterocycles. The third-order valence-corrected chi connectivity index (χ3v) is 5.82. The van der Waals surface area contributed by atoms with Gasteiger partial charge in [0.1, 0.15) is 10.6 Å². The van der Waals surface area contributed by atoms with Crippen molar-refractivity contribution in [2.45, 2.75) is 32.2 Å². The van der Waals surface area contributed by atoms with E-state index in [1.807, 2.05) is 11.8 Å². The van der Waals surface area contributed by atoms with Crippen molar-refractivity contribution in [1.82, 2.24) is 9.97 Å². The molecular weight excluding hydrogens is 298 g/mol. The van der Waals surface area contributed by atoms with Gasteiger partial charge in [-0.3, -0.25) is 0 Å². The molecule has 0 radical (unpaired) electrons. The topological polar surface area (TPSA) is 37.8 Å². The fourth-order valence-corrected chi connectivity index (χ4v) is 4.54. The van der Waals surface area contributed by atoms with E-state index < -0.39 is 0 Å². The van der Waals surface area contributed by atoms with E-state index in [-0.39, 0.29) is 0 Å². The molecule has 0 amide bonds. The summed E-state index contributed by atoms with van der Waals surface area (Å²) in [6.07, 6.45) is 3.51. The quantitative estimate of drug-likeness (QED) is 0.861. The second-order valence-corrected chi connectivity index (χ2v) is 7.29. The Labute approximate surface area is 126 Å². The average Bonchev–Trinajstić information content (AvgIpc) is 2.83. The van der Waals surface area contributed by atoms with Gasteiger partial charge in [-0.05, 0) is 42.7 Å². The average molecular weight is 314 g/mol. The largest absolute Gasteiger partial charge is 0.366 e. The van der Waals surface area contributed by atoms with Gasteiger partial charge in [-0.25, -0.2) is 9.97 Å². The van der Waals surface area contributed by atoms with Gasteiger partial charge in [-0.15, -0.1) is 11.3 Å². The summed E-state index contributed by atoms with van der Waals surface area (Å²) in [4.78, 5) is 11.0. The third-order valence-electron chi connectivity index (χ3n) is 3.27. The van der Waals surface area contributed by atoms with Crippen molar-refractivity contribution in [2.75, 3.05) is 16.8 Å². The molecule has 1 unspecified atom stereocenters. The maximum Gasteiger partial charge on any atom is 0.225 e. The Morgan fingerprint density at radius 3 is 3.11 bits per heavy atom. The van der Waals surface area contributed by atoms with Gasteiger partial charge in [0.2, 0.25) is 5.28 Å². The molecule has 0 saturated carbocycles.